The third kappa shape index (κ3) is 2.72. The maximum atomic E-state index is 11.0. The van der Waals surface area contributed by atoms with E-state index in [2.05, 4.69) is 0 Å². The Kier molecular flexibility index (Phi) is 3.35. The van der Waals surface area contributed by atoms with E-state index in [4.69, 9.17) is 9.47 Å². The third-order valence-corrected chi connectivity index (χ3v) is 2.15. The lowest BCUT2D eigenvalue weighted by Gasteiger charge is -2.26. The van der Waals surface area contributed by atoms with Crippen molar-refractivity contribution in [3.63, 3.8) is 0 Å². The number of carbonyl (C=O) groups excluding carboxylic acids is 1. The van der Waals surface area contributed by atoms with Gasteiger partial charge in [-0.3, -0.25) is 4.79 Å². The lowest BCUT2D eigenvalue weighted by Crippen LogP contribution is -2.24. The Bertz CT molecular complexity index is 356. The van der Waals surface area contributed by atoms with Gasteiger partial charge in [-0.1, -0.05) is 18.2 Å². The van der Waals surface area contributed by atoms with Crippen molar-refractivity contribution < 1.29 is 14.3 Å². The predicted molar refractivity (Wildman–Crippen MR) is 57.8 cm³/mol. The monoisotopic (exact) mass is 208 g/mol. The molecule has 0 spiro atoms. The van der Waals surface area contributed by atoms with Gasteiger partial charge in [0.1, 0.15) is 11.4 Å². The Hall–Kier alpha value is -1.51. The van der Waals surface area contributed by atoms with E-state index < -0.39 is 5.60 Å². The molecule has 3 heteroatoms. The molecule has 0 radical (unpaired) electrons. The zero-order chi connectivity index (χ0) is 11.5. The third-order valence-electron chi connectivity index (χ3n) is 2.15. The average Bonchev–Trinajstić information content (AvgIpc) is 2.16. The molecule has 0 aliphatic carbocycles. The largest absolute Gasteiger partial charge is 0.496 e. The number of hydrogen-bond acceptors (Lipinski definition) is 3. The zero-order valence-electron chi connectivity index (χ0n) is 9.53. The molecule has 0 amide bonds. The molecule has 1 aromatic carbocycles. The topological polar surface area (TPSA) is 35.5 Å². The van der Waals surface area contributed by atoms with Gasteiger partial charge in [0, 0.05) is 12.5 Å². The van der Waals surface area contributed by atoms with E-state index in [0.29, 0.717) is 0 Å². The normalized spacial score (nSPS) is 10.9. The second-order valence-corrected chi connectivity index (χ2v) is 3.80. The Morgan fingerprint density at radius 3 is 2.40 bits per heavy atom. The van der Waals surface area contributed by atoms with E-state index in [0.717, 1.165) is 11.3 Å². The molecule has 0 aliphatic rings. The lowest BCUT2D eigenvalue weighted by molar-refractivity contribution is -0.154. The summed E-state index contributed by atoms with van der Waals surface area (Å²) in [6.45, 7) is 5.08. The molecule has 0 N–H and O–H groups in total. The van der Waals surface area contributed by atoms with Gasteiger partial charge in [0.15, 0.2) is 0 Å². The molecule has 3 nitrogen and oxygen atoms in total. The first-order valence-corrected chi connectivity index (χ1v) is 4.80. The van der Waals surface area contributed by atoms with Crippen LogP contribution in [-0.2, 0) is 15.1 Å². The van der Waals surface area contributed by atoms with Crippen LogP contribution in [0.25, 0.3) is 0 Å². The van der Waals surface area contributed by atoms with Gasteiger partial charge in [-0.2, -0.15) is 0 Å². The van der Waals surface area contributed by atoms with Crippen molar-refractivity contribution >= 4 is 5.97 Å². The summed E-state index contributed by atoms with van der Waals surface area (Å²) in [7, 11) is 1.60. The summed E-state index contributed by atoms with van der Waals surface area (Å²) in [6.07, 6.45) is 0. The van der Waals surface area contributed by atoms with Crippen molar-refractivity contribution in [1.82, 2.24) is 0 Å². The molecule has 1 aromatic rings. The smallest absolute Gasteiger partial charge is 0.303 e. The number of rotatable bonds is 3. The Balaban J connectivity index is 3.07. The van der Waals surface area contributed by atoms with Gasteiger partial charge in [-0.15, -0.1) is 0 Å². The number of esters is 1. The Morgan fingerprint density at radius 2 is 1.87 bits per heavy atom. The molecule has 0 fully saturated rings. The molecule has 15 heavy (non-hydrogen) atoms. The summed E-state index contributed by atoms with van der Waals surface area (Å²) in [5.74, 6) is 0.426. The first kappa shape index (κ1) is 11.6. The molecule has 82 valence electrons. The van der Waals surface area contributed by atoms with Crippen LogP contribution in [0.2, 0.25) is 0 Å². The molecule has 0 heterocycles. The second kappa shape index (κ2) is 4.34. The van der Waals surface area contributed by atoms with Gasteiger partial charge < -0.3 is 9.47 Å². The van der Waals surface area contributed by atoms with E-state index in [1.165, 1.54) is 6.92 Å². The predicted octanol–water partition coefficient (Wildman–Crippen LogP) is 2.49. The van der Waals surface area contributed by atoms with Crippen LogP contribution in [0.15, 0.2) is 24.3 Å². The van der Waals surface area contributed by atoms with E-state index in [-0.39, 0.29) is 5.97 Å². The highest BCUT2D eigenvalue weighted by atomic mass is 16.6. The first-order chi connectivity index (χ1) is 6.97. The molecule has 0 aromatic heterocycles. The second-order valence-electron chi connectivity index (χ2n) is 3.80. The number of benzene rings is 1. The van der Waals surface area contributed by atoms with Gasteiger partial charge in [-0.05, 0) is 19.9 Å². The lowest BCUT2D eigenvalue weighted by atomic mass is 9.97. The summed E-state index contributed by atoms with van der Waals surface area (Å²) in [5, 5.41) is 0. The van der Waals surface area contributed by atoms with E-state index in [9.17, 15) is 4.79 Å². The number of hydrogen-bond donors (Lipinski definition) is 0. The van der Waals surface area contributed by atoms with Crippen LogP contribution >= 0.6 is 0 Å². The summed E-state index contributed by atoms with van der Waals surface area (Å²) in [5.41, 5.74) is 0.195. The highest BCUT2D eigenvalue weighted by Gasteiger charge is 2.26. The molecule has 0 saturated carbocycles. The highest BCUT2D eigenvalue weighted by molar-refractivity contribution is 5.67. The van der Waals surface area contributed by atoms with Crippen molar-refractivity contribution in [3.05, 3.63) is 29.8 Å². The number of carbonyl (C=O) groups is 1. The van der Waals surface area contributed by atoms with Gasteiger partial charge in [0.2, 0.25) is 0 Å². The van der Waals surface area contributed by atoms with E-state index >= 15 is 0 Å². The molecule has 0 bridgehead atoms. The maximum Gasteiger partial charge on any atom is 0.303 e. The van der Waals surface area contributed by atoms with Crippen molar-refractivity contribution in [3.8, 4) is 5.75 Å². The molecule has 0 aliphatic heterocycles. The minimum Gasteiger partial charge on any atom is -0.496 e. The summed E-state index contributed by atoms with van der Waals surface area (Å²) in [4.78, 5) is 11.0. The summed E-state index contributed by atoms with van der Waals surface area (Å²) >= 11 is 0. The van der Waals surface area contributed by atoms with Crippen molar-refractivity contribution in [2.24, 2.45) is 0 Å². The summed E-state index contributed by atoms with van der Waals surface area (Å²) in [6, 6.07) is 7.51. The minimum atomic E-state index is -0.668. The molecule has 0 atom stereocenters. The van der Waals surface area contributed by atoms with Gasteiger partial charge >= 0.3 is 5.97 Å². The number of methoxy groups -OCH3 is 1. The standard InChI is InChI=1S/C12H16O3/c1-9(13)15-12(2,3)10-7-5-6-8-11(10)14-4/h5-8H,1-4H3. The summed E-state index contributed by atoms with van der Waals surface area (Å²) < 4.78 is 10.5. The van der Waals surface area contributed by atoms with Crippen LogP contribution in [-0.4, -0.2) is 13.1 Å². The Morgan fingerprint density at radius 1 is 1.27 bits per heavy atom. The highest BCUT2D eigenvalue weighted by Crippen LogP contribution is 2.32. The van der Waals surface area contributed by atoms with Crippen molar-refractivity contribution in [1.29, 1.82) is 0 Å². The van der Waals surface area contributed by atoms with Gasteiger partial charge in [0.25, 0.3) is 0 Å². The molecule has 1 rings (SSSR count). The van der Waals surface area contributed by atoms with Crippen LogP contribution in [0.3, 0.4) is 0 Å². The van der Waals surface area contributed by atoms with E-state index in [1.54, 1.807) is 7.11 Å². The fourth-order valence-corrected chi connectivity index (χ4v) is 1.56. The van der Waals surface area contributed by atoms with Crippen LogP contribution in [0.5, 0.6) is 5.75 Å². The van der Waals surface area contributed by atoms with Gasteiger partial charge in [-0.25, -0.2) is 0 Å². The van der Waals surface area contributed by atoms with Crippen molar-refractivity contribution in [2.75, 3.05) is 7.11 Å². The van der Waals surface area contributed by atoms with Crippen LogP contribution < -0.4 is 4.74 Å². The molecule has 0 saturated heterocycles. The maximum absolute atomic E-state index is 11.0. The fraction of sp³-hybridized carbons (Fsp3) is 0.417. The van der Waals surface area contributed by atoms with Crippen LogP contribution in [0.4, 0.5) is 0 Å². The first-order valence-electron chi connectivity index (χ1n) is 4.80. The fourth-order valence-electron chi connectivity index (χ4n) is 1.56. The molecule has 0 unspecified atom stereocenters. The number of para-hydroxylation sites is 1. The average molecular weight is 208 g/mol. The SMILES string of the molecule is COc1ccccc1C(C)(C)OC(C)=O. The Labute approximate surface area is 90.0 Å². The minimum absolute atomic E-state index is 0.300. The van der Waals surface area contributed by atoms with E-state index in [1.807, 2.05) is 38.1 Å². The van der Waals surface area contributed by atoms with Gasteiger partial charge in [0.05, 0.1) is 7.11 Å². The molecular formula is C12H16O3. The zero-order valence-corrected chi connectivity index (χ0v) is 9.53. The number of ether oxygens (including phenoxy) is 2. The molecular weight excluding hydrogens is 192 g/mol. The van der Waals surface area contributed by atoms with Crippen molar-refractivity contribution in [2.45, 2.75) is 26.4 Å². The quantitative estimate of drug-likeness (QED) is 0.716. The van der Waals surface area contributed by atoms with Crippen LogP contribution in [0.1, 0.15) is 26.3 Å². The van der Waals surface area contributed by atoms with Crippen LogP contribution in [0, 0.1) is 0 Å².